The second kappa shape index (κ2) is 11.2. The molecule has 0 radical (unpaired) electrons. The standard InChI is InChI=1S/C24H22F5N3O3/c25-23(26)35-20-6-2-1-5-19(20)22(34)31-11-3-4-18(14-31)21(33)32(15-24(27,28)29)13-17-9-7-16(12-30)8-10-17/h1-2,5-10,18,23H,3-4,11,13-15H2. The van der Waals surface area contributed by atoms with Gasteiger partial charge in [-0.25, -0.2) is 0 Å². The third-order valence-electron chi connectivity index (χ3n) is 5.53. The highest BCUT2D eigenvalue weighted by Crippen LogP contribution is 2.27. The summed E-state index contributed by atoms with van der Waals surface area (Å²) in [7, 11) is 0. The number of hydrogen-bond acceptors (Lipinski definition) is 4. The average molecular weight is 495 g/mol. The lowest BCUT2D eigenvalue weighted by Crippen LogP contribution is -2.48. The second-order valence-electron chi connectivity index (χ2n) is 8.08. The molecule has 0 aliphatic carbocycles. The van der Waals surface area contributed by atoms with Gasteiger partial charge in [0.25, 0.3) is 5.91 Å². The van der Waals surface area contributed by atoms with E-state index >= 15 is 0 Å². The van der Waals surface area contributed by atoms with Crippen molar-refractivity contribution in [3.8, 4) is 11.8 Å². The lowest BCUT2D eigenvalue weighted by atomic mass is 9.95. The number of carbonyl (C=O) groups excluding carboxylic acids is 2. The van der Waals surface area contributed by atoms with Crippen LogP contribution >= 0.6 is 0 Å². The molecule has 1 aliphatic heterocycles. The van der Waals surface area contributed by atoms with Crippen molar-refractivity contribution in [3.05, 3.63) is 65.2 Å². The predicted octanol–water partition coefficient (Wildman–Crippen LogP) is 4.60. The summed E-state index contributed by atoms with van der Waals surface area (Å²) < 4.78 is 69.6. The van der Waals surface area contributed by atoms with Crippen molar-refractivity contribution in [3.63, 3.8) is 0 Å². The van der Waals surface area contributed by atoms with E-state index in [1.165, 1.54) is 53.4 Å². The quantitative estimate of drug-likeness (QED) is 0.527. The molecular weight excluding hydrogens is 473 g/mol. The lowest BCUT2D eigenvalue weighted by molar-refractivity contribution is -0.165. The van der Waals surface area contributed by atoms with Gasteiger partial charge in [0.1, 0.15) is 12.3 Å². The molecule has 6 nitrogen and oxygen atoms in total. The number of nitrogens with zero attached hydrogens (tertiary/aromatic N) is 3. The fraction of sp³-hybridized carbons (Fsp3) is 0.375. The number of benzene rings is 2. The van der Waals surface area contributed by atoms with Crippen molar-refractivity contribution in [2.75, 3.05) is 19.6 Å². The van der Waals surface area contributed by atoms with E-state index in [4.69, 9.17) is 5.26 Å². The van der Waals surface area contributed by atoms with Crippen LogP contribution in [0.15, 0.2) is 48.5 Å². The van der Waals surface area contributed by atoms with E-state index in [0.717, 1.165) is 0 Å². The summed E-state index contributed by atoms with van der Waals surface area (Å²) >= 11 is 0. The van der Waals surface area contributed by atoms with Crippen molar-refractivity contribution in [2.45, 2.75) is 32.2 Å². The molecule has 11 heteroatoms. The molecule has 1 atom stereocenters. The van der Waals surface area contributed by atoms with E-state index in [0.29, 0.717) is 22.4 Å². The number of alkyl halides is 5. The molecule has 1 aliphatic rings. The van der Waals surface area contributed by atoms with E-state index in [9.17, 15) is 31.5 Å². The summed E-state index contributed by atoms with van der Waals surface area (Å²) in [5.74, 6) is -2.62. The van der Waals surface area contributed by atoms with Gasteiger partial charge >= 0.3 is 12.8 Å². The largest absolute Gasteiger partial charge is 0.434 e. The lowest BCUT2D eigenvalue weighted by Gasteiger charge is -2.35. The molecule has 2 aromatic carbocycles. The van der Waals surface area contributed by atoms with Crippen LogP contribution < -0.4 is 4.74 Å². The first-order chi connectivity index (χ1) is 16.6. The van der Waals surface area contributed by atoms with Crippen molar-refractivity contribution in [1.82, 2.24) is 9.80 Å². The number of amides is 2. The highest BCUT2D eigenvalue weighted by molar-refractivity contribution is 5.97. The topological polar surface area (TPSA) is 73.6 Å². The predicted molar refractivity (Wildman–Crippen MR) is 114 cm³/mol. The summed E-state index contributed by atoms with van der Waals surface area (Å²) in [6.07, 6.45) is -4.01. The van der Waals surface area contributed by atoms with Crippen molar-refractivity contribution in [1.29, 1.82) is 5.26 Å². The second-order valence-corrected chi connectivity index (χ2v) is 8.08. The molecule has 2 aromatic rings. The maximum atomic E-state index is 13.3. The number of hydrogen-bond donors (Lipinski definition) is 0. The van der Waals surface area contributed by atoms with E-state index in [2.05, 4.69) is 4.74 Å². The van der Waals surface area contributed by atoms with Crippen LogP contribution in [0.1, 0.15) is 34.3 Å². The highest BCUT2D eigenvalue weighted by Gasteiger charge is 2.37. The maximum Gasteiger partial charge on any atom is 0.406 e. The fourth-order valence-electron chi connectivity index (χ4n) is 3.97. The Morgan fingerprint density at radius 3 is 2.46 bits per heavy atom. The van der Waals surface area contributed by atoms with Gasteiger partial charge in [0.15, 0.2) is 0 Å². The van der Waals surface area contributed by atoms with Crippen LogP contribution in [0.2, 0.25) is 0 Å². The first kappa shape index (κ1) is 25.9. The molecule has 2 amide bonds. The SMILES string of the molecule is N#Cc1ccc(CN(CC(F)(F)F)C(=O)C2CCCN(C(=O)c3ccccc3OC(F)F)C2)cc1. The Bertz CT molecular complexity index is 1080. The fourth-order valence-corrected chi connectivity index (χ4v) is 3.97. The minimum Gasteiger partial charge on any atom is -0.434 e. The summed E-state index contributed by atoms with van der Waals surface area (Å²) in [5, 5.41) is 8.89. The maximum absolute atomic E-state index is 13.3. The van der Waals surface area contributed by atoms with E-state index in [1.807, 2.05) is 6.07 Å². The van der Waals surface area contributed by atoms with Gasteiger partial charge in [0.2, 0.25) is 5.91 Å². The monoisotopic (exact) mass is 495 g/mol. The molecule has 1 unspecified atom stereocenters. The van der Waals surface area contributed by atoms with Gasteiger partial charge in [-0.05, 0) is 42.7 Å². The van der Waals surface area contributed by atoms with Gasteiger partial charge in [-0.1, -0.05) is 24.3 Å². The first-order valence-corrected chi connectivity index (χ1v) is 10.7. The van der Waals surface area contributed by atoms with E-state index in [-0.39, 0.29) is 37.4 Å². The smallest absolute Gasteiger partial charge is 0.406 e. The van der Waals surface area contributed by atoms with Gasteiger partial charge < -0.3 is 14.5 Å². The molecule has 0 N–H and O–H groups in total. The highest BCUT2D eigenvalue weighted by atomic mass is 19.4. The van der Waals surface area contributed by atoms with Crippen LogP contribution in [0.25, 0.3) is 0 Å². The number of piperidine rings is 1. The zero-order valence-corrected chi connectivity index (χ0v) is 18.5. The number of halogens is 5. The molecule has 1 heterocycles. The molecule has 1 saturated heterocycles. The van der Waals surface area contributed by atoms with Crippen LogP contribution in [-0.4, -0.2) is 54.0 Å². The Morgan fingerprint density at radius 1 is 1.14 bits per heavy atom. The first-order valence-electron chi connectivity index (χ1n) is 10.7. The number of likely N-dealkylation sites (tertiary alicyclic amines) is 1. The van der Waals surface area contributed by atoms with Gasteiger partial charge in [-0.15, -0.1) is 0 Å². The van der Waals surface area contributed by atoms with Crippen molar-refractivity contribution >= 4 is 11.8 Å². The summed E-state index contributed by atoms with van der Waals surface area (Å²) in [4.78, 5) is 28.1. The normalized spacial score (nSPS) is 16.0. The molecule has 0 saturated carbocycles. The van der Waals surface area contributed by atoms with Crippen LogP contribution in [0.3, 0.4) is 0 Å². The third kappa shape index (κ3) is 7.15. The van der Waals surface area contributed by atoms with Gasteiger partial charge in [-0.3, -0.25) is 9.59 Å². The zero-order chi connectivity index (χ0) is 25.6. The minimum absolute atomic E-state index is 0.120. The molecule has 0 aromatic heterocycles. The summed E-state index contributed by atoms with van der Waals surface area (Å²) in [6, 6.07) is 13.2. The van der Waals surface area contributed by atoms with Crippen molar-refractivity contribution in [2.24, 2.45) is 5.92 Å². The average Bonchev–Trinajstić information content (AvgIpc) is 2.82. The third-order valence-corrected chi connectivity index (χ3v) is 5.53. The Morgan fingerprint density at radius 2 is 1.83 bits per heavy atom. The van der Waals surface area contributed by atoms with Gasteiger partial charge in [-0.2, -0.15) is 27.2 Å². The number of carbonyl (C=O) groups is 2. The number of rotatable bonds is 7. The van der Waals surface area contributed by atoms with Crippen LogP contribution in [0.5, 0.6) is 5.75 Å². The molecule has 35 heavy (non-hydrogen) atoms. The van der Waals surface area contributed by atoms with E-state index < -0.39 is 37.1 Å². The molecular formula is C24H22F5N3O3. The van der Waals surface area contributed by atoms with Crippen LogP contribution in [0.4, 0.5) is 22.0 Å². The van der Waals surface area contributed by atoms with Crippen LogP contribution in [0, 0.1) is 17.2 Å². The number of ether oxygens (including phenoxy) is 1. The number of nitriles is 1. The van der Waals surface area contributed by atoms with Crippen molar-refractivity contribution < 1.29 is 36.3 Å². The minimum atomic E-state index is -4.64. The summed E-state index contributed by atoms with van der Waals surface area (Å²) in [6.45, 7) is -4.86. The molecule has 0 spiro atoms. The van der Waals surface area contributed by atoms with Gasteiger partial charge in [0.05, 0.1) is 23.1 Å². The molecule has 186 valence electrons. The van der Waals surface area contributed by atoms with Crippen LogP contribution in [-0.2, 0) is 11.3 Å². The Kier molecular flexibility index (Phi) is 8.27. The Hall–Kier alpha value is -3.68. The summed E-state index contributed by atoms with van der Waals surface area (Å²) in [5.41, 5.74) is 0.633. The number of para-hydroxylation sites is 1. The zero-order valence-electron chi connectivity index (χ0n) is 18.5. The van der Waals surface area contributed by atoms with Gasteiger partial charge in [0, 0.05) is 19.6 Å². The molecule has 1 fully saturated rings. The Balaban J connectivity index is 1.77. The molecule has 3 rings (SSSR count). The Labute approximate surface area is 198 Å². The van der Waals surface area contributed by atoms with E-state index in [1.54, 1.807) is 0 Å². The molecule has 0 bridgehead atoms.